The fraction of sp³-hybridized carbons (Fsp3) is 0.278. The van der Waals surface area contributed by atoms with E-state index < -0.39 is 16.1 Å². The van der Waals surface area contributed by atoms with E-state index >= 15 is 0 Å². The summed E-state index contributed by atoms with van der Waals surface area (Å²) in [6.07, 6.45) is 1.84. The van der Waals surface area contributed by atoms with Gasteiger partial charge < -0.3 is 5.32 Å². The summed E-state index contributed by atoms with van der Waals surface area (Å²) in [6.45, 7) is 2.01. The first-order chi connectivity index (χ1) is 11.8. The molecule has 2 rings (SSSR count). The highest BCUT2D eigenvalue weighted by atomic mass is 35.5. The molecular formula is C18H21ClN2O3S. The molecule has 0 radical (unpaired) electrons. The lowest BCUT2D eigenvalue weighted by atomic mass is 10.0. The van der Waals surface area contributed by atoms with Gasteiger partial charge in [-0.1, -0.05) is 48.9 Å². The average Bonchev–Trinajstić information content (AvgIpc) is 2.54. The van der Waals surface area contributed by atoms with Crippen molar-refractivity contribution in [3.8, 4) is 0 Å². The number of carbonyl (C=O) groups excluding carboxylic acids is 1. The SMILES string of the molecule is CCc1ccccc1NC(=O)CC(NS(C)(=O)=O)c1ccc(Cl)cc1. The molecule has 7 heteroatoms. The summed E-state index contributed by atoms with van der Waals surface area (Å²) >= 11 is 5.88. The number of anilines is 1. The van der Waals surface area contributed by atoms with Gasteiger partial charge in [0.1, 0.15) is 0 Å². The van der Waals surface area contributed by atoms with Crippen molar-refractivity contribution in [2.75, 3.05) is 11.6 Å². The molecule has 0 bridgehead atoms. The van der Waals surface area contributed by atoms with Gasteiger partial charge in [0.25, 0.3) is 0 Å². The molecule has 0 fully saturated rings. The maximum atomic E-state index is 12.4. The van der Waals surface area contributed by atoms with Crippen LogP contribution in [0.5, 0.6) is 0 Å². The molecule has 1 unspecified atom stereocenters. The third-order valence-electron chi connectivity index (χ3n) is 3.69. The molecule has 0 saturated carbocycles. The van der Waals surface area contributed by atoms with Crippen molar-refractivity contribution < 1.29 is 13.2 Å². The number of carbonyl (C=O) groups is 1. The van der Waals surface area contributed by atoms with Gasteiger partial charge in [0.05, 0.1) is 12.3 Å². The van der Waals surface area contributed by atoms with Crippen LogP contribution < -0.4 is 10.0 Å². The lowest BCUT2D eigenvalue weighted by molar-refractivity contribution is -0.116. The van der Waals surface area contributed by atoms with E-state index in [0.29, 0.717) is 10.6 Å². The largest absolute Gasteiger partial charge is 0.326 e. The van der Waals surface area contributed by atoms with Gasteiger partial charge in [-0.3, -0.25) is 4.79 Å². The van der Waals surface area contributed by atoms with Crippen LogP contribution in [0.25, 0.3) is 0 Å². The molecule has 0 aliphatic heterocycles. The molecule has 0 aromatic heterocycles. The maximum Gasteiger partial charge on any atom is 0.226 e. The van der Waals surface area contributed by atoms with E-state index in [1.807, 2.05) is 31.2 Å². The van der Waals surface area contributed by atoms with Crippen LogP contribution in [-0.2, 0) is 21.2 Å². The number of aryl methyl sites for hydroxylation is 1. The lowest BCUT2D eigenvalue weighted by Crippen LogP contribution is -2.30. The summed E-state index contributed by atoms with van der Waals surface area (Å²) in [4.78, 5) is 12.4. The summed E-state index contributed by atoms with van der Waals surface area (Å²) in [5.41, 5.74) is 2.44. The average molecular weight is 381 g/mol. The lowest BCUT2D eigenvalue weighted by Gasteiger charge is -2.18. The molecule has 25 heavy (non-hydrogen) atoms. The number of sulfonamides is 1. The Hall–Kier alpha value is -1.89. The molecule has 0 aliphatic carbocycles. The van der Waals surface area contributed by atoms with Crippen molar-refractivity contribution in [1.29, 1.82) is 0 Å². The van der Waals surface area contributed by atoms with Crippen molar-refractivity contribution >= 4 is 33.2 Å². The number of hydrogen-bond donors (Lipinski definition) is 2. The normalized spacial score (nSPS) is 12.6. The van der Waals surface area contributed by atoms with Crippen LogP contribution in [-0.4, -0.2) is 20.6 Å². The summed E-state index contributed by atoms with van der Waals surface area (Å²) in [6, 6.07) is 13.6. The van der Waals surface area contributed by atoms with Gasteiger partial charge in [-0.15, -0.1) is 0 Å². The first-order valence-corrected chi connectivity index (χ1v) is 10.2. The van der Waals surface area contributed by atoms with Crippen LogP contribution in [0.3, 0.4) is 0 Å². The van der Waals surface area contributed by atoms with Crippen LogP contribution >= 0.6 is 11.6 Å². The fourth-order valence-corrected chi connectivity index (χ4v) is 3.38. The van der Waals surface area contributed by atoms with Crippen LogP contribution in [0.15, 0.2) is 48.5 Å². The smallest absolute Gasteiger partial charge is 0.226 e. The van der Waals surface area contributed by atoms with Gasteiger partial charge in [-0.25, -0.2) is 13.1 Å². The molecule has 0 heterocycles. The molecule has 5 nitrogen and oxygen atoms in total. The van der Waals surface area contributed by atoms with Crippen LogP contribution in [0.1, 0.15) is 30.5 Å². The number of amides is 1. The number of para-hydroxylation sites is 1. The van der Waals surface area contributed by atoms with E-state index in [2.05, 4.69) is 10.0 Å². The maximum absolute atomic E-state index is 12.4. The first kappa shape index (κ1) is 19.4. The highest BCUT2D eigenvalue weighted by molar-refractivity contribution is 7.88. The minimum atomic E-state index is -3.48. The second-order valence-electron chi connectivity index (χ2n) is 5.76. The van der Waals surface area contributed by atoms with Crippen molar-refractivity contribution in [3.63, 3.8) is 0 Å². The third kappa shape index (κ3) is 6.16. The first-order valence-electron chi connectivity index (χ1n) is 7.89. The minimum absolute atomic E-state index is 0.0211. The molecule has 2 aromatic rings. The fourth-order valence-electron chi connectivity index (χ4n) is 2.52. The summed E-state index contributed by atoms with van der Waals surface area (Å²) in [5.74, 6) is -0.267. The zero-order valence-corrected chi connectivity index (χ0v) is 15.7. The van der Waals surface area contributed by atoms with E-state index in [4.69, 9.17) is 11.6 Å². The van der Waals surface area contributed by atoms with Crippen molar-refractivity contribution in [2.24, 2.45) is 0 Å². The molecule has 2 aromatic carbocycles. The summed E-state index contributed by atoms with van der Waals surface area (Å²) < 4.78 is 25.8. The van der Waals surface area contributed by atoms with Gasteiger partial charge in [0.2, 0.25) is 15.9 Å². The Kier molecular flexibility index (Phi) is 6.58. The molecule has 0 spiro atoms. The molecule has 0 saturated heterocycles. The molecule has 1 amide bonds. The molecule has 1 atom stereocenters. The Labute approximate surface area is 153 Å². The highest BCUT2D eigenvalue weighted by Gasteiger charge is 2.20. The van der Waals surface area contributed by atoms with Crippen molar-refractivity contribution in [3.05, 3.63) is 64.7 Å². The standard InChI is InChI=1S/C18H21ClN2O3S/c1-3-13-6-4-5-7-16(13)20-18(22)12-17(21-25(2,23)24)14-8-10-15(19)11-9-14/h4-11,17,21H,3,12H2,1-2H3,(H,20,22). The van der Waals surface area contributed by atoms with Crippen LogP contribution in [0, 0.1) is 0 Å². The number of halogens is 1. The Morgan fingerprint density at radius 1 is 1.12 bits per heavy atom. The Morgan fingerprint density at radius 3 is 2.36 bits per heavy atom. The quantitative estimate of drug-likeness (QED) is 0.771. The zero-order valence-electron chi connectivity index (χ0n) is 14.1. The van der Waals surface area contributed by atoms with Crippen molar-refractivity contribution in [1.82, 2.24) is 4.72 Å². The minimum Gasteiger partial charge on any atom is -0.326 e. The molecule has 2 N–H and O–H groups in total. The van der Waals surface area contributed by atoms with Gasteiger partial charge in [-0.2, -0.15) is 0 Å². The Balaban J connectivity index is 2.18. The van der Waals surface area contributed by atoms with Crippen LogP contribution in [0.4, 0.5) is 5.69 Å². The van der Waals surface area contributed by atoms with Gasteiger partial charge >= 0.3 is 0 Å². The molecule has 0 aliphatic rings. The number of hydrogen-bond acceptors (Lipinski definition) is 3. The second-order valence-corrected chi connectivity index (χ2v) is 7.97. The zero-order chi connectivity index (χ0) is 18.4. The second kappa shape index (κ2) is 8.47. The summed E-state index contributed by atoms with van der Waals surface area (Å²) in [5, 5.41) is 3.40. The Bertz CT molecular complexity index is 836. The van der Waals surface area contributed by atoms with Gasteiger partial charge in [0, 0.05) is 17.1 Å². The Morgan fingerprint density at radius 2 is 1.76 bits per heavy atom. The van der Waals surface area contributed by atoms with Crippen LogP contribution in [0.2, 0.25) is 5.02 Å². The van der Waals surface area contributed by atoms with Gasteiger partial charge in [0.15, 0.2) is 0 Å². The number of rotatable bonds is 7. The molecular weight excluding hydrogens is 360 g/mol. The predicted octanol–water partition coefficient (Wildman–Crippen LogP) is 3.52. The number of benzene rings is 2. The van der Waals surface area contributed by atoms with E-state index in [1.165, 1.54) is 0 Å². The third-order valence-corrected chi connectivity index (χ3v) is 4.66. The van der Waals surface area contributed by atoms with Crippen molar-refractivity contribution in [2.45, 2.75) is 25.8 Å². The van der Waals surface area contributed by atoms with E-state index in [1.54, 1.807) is 24.3 Å². The van der Waals surface area contributed by atoms with E-state index in [-0.39, 0.29) is 12.3 Å². The van der Waals surface area contributed by atoms with Gasteiger partial charge in [-0.05, 0) is 35.7 Å². The van der Waals surface area contributed by atoms with E-state index in [0.717, 1.165) is 23.9 Å². The number of nitrogens with one attached hydrogen (secondary N) is 2. The summed E-state index contributed by atoms with van der Waals surface area (Å²) in [7, 11) is -3.48. The molecule has 134 valence electrons. The predicted molar refractivity (Wildman–Crippen MR) is 101 cm³/mol. The van der Waals surface area contributed by atoms with E-state index in [9.17, 15) is 13.2 Å². The topological polar surface area (TPSA) is 75.3 Å². The highest BCUT2D eigenvalue weighted by Crippen LogP contribution is 2.22. The monoisotopic (exact) mass is 380 g/mol.